The molecule has 0 spiro atoms. The van der Waals surface area contributed by atoms with Crippen LogP contribution >= 0.6 is 11.6 Å². The lowest BCUT2D eigenvalue weighted by Gasteiger charge is -2.12. The third kappa shape index (κ3) is 4.13. The highest BCUT2D eigenvalue weighted by Crippen LogP contribution is 2.36. The highest BCUT2D eigenvalue weighted by atomic mass is 35.5. The number of benzene rings is 5. The van der Waals surface area contributed by atoms with Crippen LogP contribution in [0.3, 0.4) is 0 Å². The highest BCUT2D eigenvalue weighted by molar-refractivity contribution is 6.29. The SMILES string of the molecule is Clc1cc(-c2cc(-c3ccccc3)cc(-c3ccc4oc5ccccc5c4c3)c2)nc(-c2ccccc2)n1. The molecule has 0 aliphatic carbocycles. The predicted octanol–water partition coefficient (Wildman–Crippen LogP) is 9.70. The minimum Gasteiger partial charge on any atom is -0.456 e. The van der Waals surface area contributed by atoms with Gasteiger partial charge in [0.2, 0.25) is 0 Å². The van der Waals surface area contributed by atoms with E-state index >= 15 is 0 Å². The van der Waals surface area contributed by atoms with Crippen LogP contribution in [0.15, 0.2) is 132 Å². The molecule has 4 heteroatoms. The number of nitrogens with zero attached hydrogens (tertiary/aromatic N) is 2. The van der Waals surface area contributed by atoms with E-state index in [1.54, 1.807) is 0 Å². The molecule has 2 heterocycles. The third-order valence-corrected chi connectivity index (χ3v) is 6.97. The van der Waals surface area contributed by atoms with Gasteiger partial charge in [-0.15, -0.1) is 0 Å². The Morgan fingerprint density at radius 3 is 1.87 bits per heavy atom. The highest BCUT2D eigenvalue weighted by Gasteiger charge is 2.13. The summed E-state index contributed by atoms with van der Waals surface area (Å²) in [6.45, 7) is 0. The average molecular weight is 509 g/mol. The molecule has 0 saturated heterocycles. The molecule has 0 aliphatic heterocycles. The summed E-state index contributed by atoms with van der Waals surface area (Å²) in [5, 5.41) is 2.62. The molecule has 0 fully saturated rings. The monoisotopic (exact) mass is 508 g/mol. The molecule has 7 aromatic rings. The summed E-state index contributed by atoms with van der Waals surface area (Å²) in [5.41, 5.74) is 8.87. The van der Waals surface area contributed by atoms with Crippen molar-refractivity contribution in [3.05, 3.63) is 133 Å². The van der Waals surface area contributed by atoms with Crippen molar-refractivity contribution in [3.8, 4) is 44.9 Å². The molecule has 0 amide bonds. The maximum Gasteiger partial charge on any atom is 0.161 e. The minimum atomic E-state index is 0.409. The summed E-state index contributed by atoms with van der Waals surface area (Å²) in [6.07, 6.45) is 0. The van der Waals surface area contributed by atoms with Crippen LogP contribution in [-0.4, -0.2) is 9.97 Å². The van der Waals surface area contributed by atoms with Crippen molar-refractivity contribution < 1.29 is 4.42 Å². The van der Waals surface area contributed by atoms with Gasteiger partial charge < -0.3 is 4.42 Å². The molecule has 0 unspecified atom stereocenters. The fourth-order valence-corrected chi connectivity index (χ4v) is 5.11. The summed E-state index contributed by atoms with van der Waals surface area (Å²) in [5.74, 6) is 0.603. The molecular weight excluding hydrogens is 488 g/mol. The second kappa shape index (κ2) is 9.29. The van der Waals surface area contributed by atoms with E-state index in [-0.39, 0.29) is 0 Å². The van der Waals surface area contributed by atoms with Crippen LogP contribution in [-0.2, 0) is 0 Å². The van der Waals surface area contributed by atoms with Gasteiger partial charge in [-0.2, -0.15) is 0 Å². The quantitative estimate of drug-likeness (QED) is 0.222. The van der Waals surface area contributed by atoms with Gasteiger partial charge in [-0.3, -0.25) is 0 Å². The normalized spacial score (nSPS) is 11.3. The molecule has 0 saturated carbocycles. The van der Waals surface area contributed by atoms with Crippen molar-refractivity contribution in [2.45, 2.75) is 0 Å². The lowest BCUT2D eigenvalue weighted by Crippen LogP contribution is -1.94. The Bertz CT molecular complexity index is 1930. The number of furan rings is 1. The average Bonchev–Trinajstić information content (AvgIpc) is 3.35. The first kappa shape index (κ1) is 22.5. The fraction of sp³-hybridized carbons (Fsp3) is 0. The molecule has 5 aromatic carbocycles. The van der Waals surface area contributed by atoms with Crippen LogP contribution in [0.25, 0.3) is 66.8 Å². The molecule has 2 aromatic heterocycles. The van der Waals surface area contributed by atoms with Gasteiger partial charge in [0.1, 0.15) is 16.3 Å². The number of aromatic nitrogens is 2. The maximum absolute atomic E-state index is 6.51. The zero-order chi connectivity index (χ0) is 25.5. The van der Waals surface area contributed by atoms with Crippen molar-refractivity contribution in [2.75, 3.05) is 0 Å². The molecule has 0 atom stereocenters. The van der Waals surface area contributed by atoms with Crippen LogP contribution in [0.2, 0.25) is 5.15 Å². The van der Waals surface area contributed by atoms with Gasteiger partial charge in [-0.25, -0.2) is 9.97 Å². The molecule has 180 valence electrons. The third-order valence-electron chi connectivity index (χ3n) is 6.77. The van der Waals surface area contributed by atoms with Gasteiger partial charge in [0.25, 0.3) is 0 Å². The number of halogens is 1. The topological polar surface area (TPSA) is 38.9 Å². The molecular formula is C34H21ClN2O. The Labute approximate surface area is 225 Å². The number of rotatable bonds is 4. The summed E-state index contributed by atoms with van der Waals surface area (Å²) in [7, 11) is 0. The standard InChI is InChI=1S/C34H21ClN2O/c35-33-21-30(36-34(37-33)23-11-5-2-6-12-23)27-18-25(22-9-3-1-4-10-22)17-26(19-27)24-15-16-32-29(20-24)28-13-7-8-14-31(28)38-32/h1-21H. The van der Waals surface area contributed by atoms with Gasteiger partial charge in [0, 0.05) is 28.0 Å². The Hall–Kier alpha value is -4.73. The molecule has 0 radical (unpaired) electrons. The molecule has 0 aliphatic rings. The molecule has 0 N–H and O–H groups in total. The van der Waals surface area contributed by atoms with Crippen LogP contribution in [0.1, 0.15) is 0 Å². The first-order chi connectivity index (χ1) is 18.7. The Kier molecular flexibility index (Phi) is 5.49. The summed E-state index contributed by atoms with van der Waals surface area (Å²) < 4.78 is 6.07. The first-order valence-corrected chi connectivity index (χ1v) is 12.8. The van der Waals surface area contributed by atoms with Gasteiger partial charge in [0.15, 0.2) is 5.82 Å². The van der Waals surface area contributed by atoms with Crippen LogP contribution in [0.5, 0.6) is 0 Å². The van der Waals surface area contributed by atoms with Crippen LogP contribution in [0, 0.1) is 0 Å². The van der Waals surface area contributed by atoms with Crippen LogP contribution < -0.4 is 0 Å². The minimum absolute atomic E-state index is 0.409. The van der Waals surface area contributed by atoms with E-state index in [1.807, 2.05) is 60.7 Å². The first-order valence-electron chi connectivity index (χ1n) is 12.4. The molecule has 3 nitrogen and oxygen atoms in total. The number of fused-ring (bicyclic) bond motifs is 3. The Morgan fingerprint density at radius 1 is 0.447 bits per heavy atom. The fourth-order valence-electron chi connectivity index (χ4n) is 4.93. The number of hydrogen-bond acceptors (Lipinski definition) is 3. The van der Waals surface area contributed by atoms with E-state index in [0.717, 1.165) is 61.0 Å². The van der Waals surface area contributed by atoms with Crippen molar-refractivity contribution >= 4 is 33.5 Å². The van der Waals surface area contributed by atoms with E-state index in [1.165, 1.54) is 0 Å². The van der Waals surface area contributed by atoms with Crippen molar-refractivity contribution in [2.24, 2.45) is 0 Å². The Morgan fingerprint density at radius 2 is 1.08 bits per heavy atom. The van der Waals surface area contributed by atoms with E-state index in [2.05, 4.69) is 71.7 Å². The van der Waals surface area contributed by atoms with E-state index in [9.17, 15) is 0 Å². The van der Waals surface area contributed by atoms with Crippen molar-refractivity contribution in [1.82, 2.24) is 9.97 Å². The zero-order valence-corrected chi connectivity index (χ0v) is 21.1. The van der Waals surface area contributed by atoms with Crippen LogP contribution in [0.4, 0.5) is 0 Å². The summed E-state index contributed by atoms with van der Waals surface area (Å²) in [4.78, 5) is 9.41. The molecule has 7 rings (SSSR count). The van der Waals surface area contributed by atoms with Crippen molar-refractivity contribution in [1.29, 1.82) is 0 Å². The molecule has 0 bridgehead atoms. The Balaban J connectivity index is 1.43. The smallest absolute Gasteiger partial charge is 0.161 e. The van der Waals surface area contributed by atoms with Gasteiger partial charge in [0.05, 0.1) is 5.69 Å². The van der Waals surface area contributed by atoms with Gasteiger partial charge >= 0.3 is 0 Å². The van der Waals surface area contributed by atoms with Crippen molar-refractivity contribution in [3.63, 3.8) is 0 Å². The summed E-state index contributed by atoms with van der Waals surface area (Å²) >= 11 is 6.51. The zero-order valence-electron chi connectivity index (χ0n) is 20.3. The largest absolute Gasteiger partial charge is 0.456 e. The second-order valence-corrected chi connectivity index (χ2v) is 9.63. The van der Waals surface area contributed by atoms with Gasteiger partial charge in [-0.05, 0) is 58.7 Å². The lowest BCUT2D eigenvalue weighted by atomic mass is 9.94. The van der Waals surface area contributed by atoms with E-state index in [4.69, 9.17) is 21.0 Å². The van der Waals surface area contributed by atoms with E-state index in [0.29, 0.717) is 11.0 Å². The molecule has 38 heavy (non-hydrogen) atoms. The predicted molar refractivity (Wildman–Crippen MR) is 156 cm³/mol. The second-order valence-electron chi connectivity index (χ2n) is 9.24. The maximum atomic E-state index is 6.51. The number of para-hydroxylation sites is 1. The number of hydrogen-bond donors (Lipinski definition) is 0. The lowest BCUT2D eigenvalue weighted by molar-refractivity contribution is 0.669. The summed E-state index contributed by atoms with van der Waals surface area (Å²) in [6, 6.07) is 43.2. The van der Waals surface area contributed by atoms with E-state index < -0.39 is 0 Å². The van der Waals surface area contributed by atoms with Gasteiger partial charge in [-0.1, -0.05) is 96.5 Å².